The Hall–Kier alpha value is -2.34. The normalized spacial score (nSPS) is 28.2. The minimum Gasteiger partial charge on any atom is -0.464 e. The predicted octanol–water partition coefficient (Wildman–Crippen LogP) is -2.05. The van der Waals surface area contributed by atoms with Crippen molar-refractivity contribution in [3.63, 3.8) is 0 Å². The number of nitrogens with zero attached hydrogens (tertiary/aromatic N) is 4. The Kier molecular flexibility index (Phi) is 4.32. The molecule has 2 aromatic rings. The second-order valence-electron chi connectivity index (χ2n) is 5.25. The van der Waals surface area contributed by atoms with Crippen molar-refractivity contribution < 1.29 is 29.6 Å². The second kappa shape index (κ2) is 6.28. The summed E-state index contributed by atoms with van der Waals surface area (Å²) >= 11 is 0. The number of nitrogens with two attached hydrogens (primary N) is 1. The van der Waals surface area contributed by atoms with E-state index in [0.29, 0.717) is 5.52 Å². The molecule has 0 aromatic carbocycles. The van der Waals surface area contributed by atoms with Crippen LogP contribution in [0.3, 0.4) is 0 Å². The van der Waals surface area contributed by atoms with Crippen LogP contribution >= 0.6 is 0 Å². The molecule has 0 aliphatic carbocycles. The fourth-order valence-electron chi connectivity index (χ4n) is 2.59. The van der Waals surface area contributed by atoms with Gasteiger partial charge in [0.15, 0.2) is 23.8 Å². The zero-order valence-corrected chi connectivity index (χ0v) is 12.7. The van der Waals surface area contributed by atoms with E-state index in [9.17, 15) is 20.1 Å². The van der Waals surface area contributed by atoms with Crippen molar-refractivity contribution in [3.05, 3.63) is 12.7 Å². The number of ether oxygens (including phenoxy) is 2. The van der Waals surface area contributed by atoms with Crippen molar-refractivity contribution in [2.24, 2.45) is 0 Å². The molecule has 2 aromatic heterocycles. The number of esters is 1. The van der Waals surface area contributed by atoms with Crippen LogP contribution in [-0.2, 0) is 14.3 Å². The quantitative estimate of drug-likeness (QED) is 0.455. The topological polar surface area (TPSA) is 166 Å². The van der Waals surface area contributed by atoms with Gasteiger partial charge in [-0.1, -0.05) is 0 Å². The Morgan fingerprint density at radius 3 is 2.88 bits per heavy atom. The molecule has 11 heteroatoms. The highest BCUT2D eigenvalue weighted by molar-refractivity contribution is 5.81. The maximum Gasteiger partial charge on any atom is 0.337 e. The van der Waals surface area contributed by atoms with Gasteiger partial charge in [0, 0.05) is 0 Å². The number of hydrogen-bond acceptors (Lipinski definition) is 10. The fraction of sp³-hybridized carbons (Fsp3) is 0.538. The van der Waals surface area contributed by atoms with Crippen molar-refractivity contribution >= 4 is 23.0 Å². The van der Waals surface area contributed by atoms with Crippen molar-refractivity contribution in [1.82, 2.24) is 19.5 Å². The van der Waals surface area contributed by atoms with Crippen molar-refractivity contribution in [3.8, 4) is 0 Å². The summed E-state index contributed by atoms with van der Waals surface area (Å²) in [5, 5.41) is 30.3. The number of hydrogen-bond donors (Lipinski definition) is 4. The molecule has 1 saturated heterocycles. The van der Waals surface area contributed by atoms with E-state index in [1.54, 1.807) is 6.92 Å². The van der Waals surface area contributed by atoms with Gasteiger partial charge in [-0.3, -0.25) is 4.57 Å². The number of anilines is 1. The van der Waals surface area contributed by atoms with E-state index < -0.39 is 36.6 Å². The minimum absolute atomic E-state index is 0.0625. The van der Waals surface area contributed by atoms with Gasteiger partial charge in [0.25, 0.3) is 0 Å². The number of fused-ring (bicyclic) bond motifs is 1. The van der Waals surface area contributed by atoms with Crippen LogP contribution < -0.4 is 5.73 Å². The Balaban J connectivity index is 1.89. The fourth-order valence-corrected chi connectivity index (χ4v) is 2.59. The molecule has 3 rings (SSSR count). The maximum absolute atomic E-state index is 11.6. The summed E-state index contributed by atoms with van der Waals surface area (Å²) in [6, 6.07) is 0. The molecule has 0 bridgehead atoms. The third-order valence-corrected chi connectivity index (χ3v) is 3.78. The molecule has 5 atom stereocenters. The highest BCUT2D eigenvalue weighted by Crippen LogP contribution is 2.33. The summed E-state index contributed by atoms with van der Waals surface area (Å²) in [6.07, 6.45) is -4.62. The van der Waals surface area contributed by atoms with Crippen LogP contribution in [0.4, 0.5) is 5.82 Å². The van der Waals surface area contributed by atoms with Crippen molar-refractivity contribution in [2.45, 2.75) is 37.6 Å². The van der Waals surface area contributed by atoms with Crippen LogP contribution in [-0.4, -0.2) is 71.8 Å². The Labute approximate surface area is 135 Å². The van der Waals surface area contributed by atoms with Crippen LogP contribution in [0.2, 0.25) is 0 Å². The van der Waals surface area contributed by atoms with E-state index in [1.807, 2.05) is 0 Å². The van der Waals surface area contributed by atoms with Gasteiger partial charge >= 0.3 is 5.97 Å². The van der Waals surface area contributed by atoms with Gasteiger partial charge in [-0.05, 0) is 6.92 Å². The first-order valence-corrected chi connectivity index (χ1v) is 7.25. The molecular weight excluding hydrogens is 322 g/mol. The highest BCUT2D eigenvalue weighted by Gasteiger charge is 2.49. The van der Waals surface area contributed by atoms with Crippen LogP contribution in [0, 0.1) is 0 Å². The molecule has 130 valence electrons. The lowest BCUT2D eigenvalue weighted by Gasteiger charge is -2.19. The van der Waals surface area contributed by atoms with Crippen LogP contribution in [0.1, 0.15) is 13.2 Å². The lowest BCUT2D eigenvalue weighted by molar-refractivity contribution is -0.166. The van der Waals surface area contributed by atoms with E-state index in [0.717, 1.165) is 0 Å². The molecule has 3 heterocycles. The monoisotopic (exact) mass is 339 g/mol. The standard InChI is InChI=1S/C13H17N5O6/c1-2-23-13(22)8(21)9-6(19)7(20)12(24-9)18-4-17-5-10(14)15-3-16-11(5)18/h3-4,6-9,12,19-21H,2H2,1H3,(H2,14,15,16)/t6-,7+,8?,9-,12+/m0/s1. The Morgan fingerprint density at radius 2 is 2.17 bits per heavy atom. The first-order chi connectivity index (χ1) is 11.5. The molecule has 11 nitrogen and oxygen atoms in total. The van der Waals surface area contributed by atoms with Gasteiger partial charge in [-0.25, -0.2) is 19.7 Å². The number of aliphatic hydroxyl groups is 3. The number of carbonyl (C=O) groups excluding carboxylic acids is 1. The first kappa shape index (κ1) is 16.5. The smallest absolute Gasteiger partial charge is 0.337 e. The lowest BCUT2D eigenvalue weighted by atomic mass is 10.1. The molecule has 0 spiro atoms. The van der Waals surface area contributed by atoms with E-state index in [-0.39, 0.29) is 18.1 Å². The van der Waals surface area contributed by atoms with E-state index >= 15 is 0 Å². The zero-order chi connectivity index (χ0) is 17.4. The molecule has 0 radical (unpaired) electrons. The predicted molar refractivity (Wildman–Crippen MR) is 78.3 cm³/mol. The van der Waals surface area contributed by atoms with E-state index in [2.05, 4.69) is 15.0 Å². The summed E-state index contributed by atoms with van der Waals surface area (Å²) < 4.78 is 11.5. The van der Waals surface area contributed by atoms with Crippen molar-refractivity contribution in [2.75, 3.05) is 12.3 Å². The first-order valence-electron chi connectivity index (χ1n) is 7.25. The van der Waals surface area contributed by atoms with Gasteiger partial charge in [-0.15, -0.1) is 0 Å². The summed E-state index contributed by atoms with van der Waals surface area (Å²) in [4.78, 5) is 23.5. The van der Waals surface area contributed by atoms with Crippen LogP contribution in [0.15, 0.2) is 12.7 Å². The maximum atomic E-state index is 11.6. The third kappa shape index (κ3) is 2.57. The number of rotatable bonds is 4. The van der Waals surface area contributed by atoms with Gasteiger partial charge in [0.05, 0.1) is 12.9 Å². The number of aliphatic hydroxyl groups excluding tert-OH is 3. The molecule has 0 amide bonds. The minimum atomic E-state index is -1.74. The molecule has 24 heavy (non-hydrogen) atoms. The molecule has 1 aliphatic rings. The van der Waals surface area contributed by atoms with Gasteiger partial charge in [-0.2, -0.15) is 0 Å². The Morgan fingerprint density at radius 1 is 1.42 bits per heavy atom. The van der Waals surface area contributed by atoms with E-state index in [4.69, 9.17) is 15.2 Å². The molecule has 0 saturated carbocycles. The number of carbonyl (C=O) groups is 1. The van der Waals surface area contributed by atoms with E-state index in [1.165, 1.54) is 17.2 Å². The molecular formula is C13H17N5O6. The molecule has 5 N–H and O–H groups in total. The average Bonchev–Trinajstić information content (AvgIpc) is 3.11. The van der Waals surface area contributed by atoms with Gasteiger partial charge in [0.2, 0.25) is 0 Å². The number of aromatic nitrogens is 4. The third-order valence-electron chi connectivity index (χ3n) is 3.78. The van der Waals surface area contributed by atoms with Gasteiger partial charge in [0.1, 0.15) is 30.2 Å². The molecule has 1 unspecified atom stereocenters. The lowest BCUT2D eigenvalue weighted by Crippen LogP contribution is -2.43. The number of imidazole rings is 1. The molecule has 1 fully saturated rings. The summed E-state index contributed by atoms with van der Waals surface area (Å²) in [6.45, 7) is 1.64. The summed E-state index contributed by atoms with van der Waals surface area (Å²) in [5.74, 6) is -0.800. The van der Waals surface area contributed by atoms with Crippen LogP contribution in [0.5, 0.6) is 0 Å². The van der Waals surface area contributed by atoms with Crippen molar-refractivity contribution in [1.29, 1.82) is 0 Å². The summed E-state index contributed by atoms with van der Waals surface area (Å²) in [5.41, 5.74) is 6.28. The van der Waals surface area contributed by atoms with Gasteiger partial charge < -0.3 is 30.5 Å². The largest absolute Gasteiger partial charge is 0.464 e. The SMILES string of the molecule is CCOC(=O)C(O)[C@H]1O[C@@H](n2cnc3c(N)ncnc32)[C@H](O)[C@@H]1O. The van der Waals surface area contributed by atoms with Crippen LogP contribution in [0.25, 0.3) is 11.2 Å². The summed E-state index contributed by atoms with van der Waals surface area (Å²) in [7, 11) is 0. The molecule has 1 aliphatic heterocycles. The number of nitrogen functional groups attached to an aromatic ring is 1. The Bertz CT molecular complexity index is 752. The highest BCUT2D eigenvalue weighted by atomic mass is 16.6. The zero-order valence-electron chi connectivity index (χ0n) is 12.7. The average molecular weight is 339 g/mol. The second-order valence-corrected chi connectivity index (χ2v) is 5.25.